The molecule has 2 aromatic rings. The van der Waals surface area contributed by atoms with E-state index < -0.39 is 0 Å². The van der Waals surface area contributed by atoms with Gasteiger partial charge in [-0.3, -0.25) is 9.78 Å². The minimum Gasteiger partial charge on any atom is -0.472 e. The number of carbonyl (C=O) groups excluding carboxylic acids is 1. The first-order chi connectivity index (χ1) is 10.8. The third kappa shape index (κ3) is 3.79. The molecule has 1 N–H and O–H groups in total. The molecule has 1 unspecified atom stereocenters. The van der Waals surface area contributed by atoms with E-state index in [4.69, 9.17) is 9.47 Å². The van der Waals surface area contributed by atoms with Gasteiger partial charge in [-0.2, -0.15) is 0 Å². The van der Waals surface area contributed by atoms with E-state index in [0.29, 0.717) is 24.6 Å². The monoisotopic (exact) mass is 299 g/mol. The number of amides is 1. The zero-order chi connectivity index (χ0) is 15.2. The molecule has 114 valence electrons. The Labute approximate surface area is 128 Å². The van der Waals surface area contributed by atoms with Gasteiger partial charge in [0.15, 0.2) is 0 Å². The number of hydrogen-bond donors (Lipinski definition) is 1. The number of ether oxygens (including phenoxy) is 2. The van der Waals surface area contributed by atoms with E-state index in [-0.39, 0.29) is 12.0 Å². The van der Waals surface area contributed by atoms with E-state index >= 15 is 0 Å². The maximum Gasteiger partial charge on any atom is 0.253 e. The number of aromatic nitrogens is 2. The summed E-state index contributed by atoms with van der Waals surface area (Å²) in [5, 5.41) is 2.83. The summed E-state index contributed by atoms with van der Waals surface area (Å²) in [6.07, 6.45) is 5.86. The van der Waals surface area contributed by atoms with Gasteiger partial charge in [-0.05, 0) is 17.7 Å². The number of hydrogen-bond acceptors (Lipinski definition) is 5. The Morgan fingerprint density at radius 2 is 2.32 bits per heavy atom. The van der Waals surface area contributed by atoms with Crippen LogP contribution in [0.4, 0.5) is 0 Å². The fourth-order valence-electron chi connectivity index (χ4n) is 2.15. The average Bonchev–Trinajstić information content (AvgIpc) is 3.07. The van der Waals surface area contributed by atoms with Gasteiger partial charge in [0.25, 0.3) is 5.91 Å². The van der Waals surface area contributed by atoms with Crippen LogP contribution < -0.4 is 10.1 Å². The van der Waals surface area contributed by atoms with Crippen LogP contribution >= 0.6 is 0 Å². The number of rotatable bonds is 5. The van der Waals surface area contributed by atoms with Crippen molar-refractivity contribution in [3.63, 3.8) is 0 Å². The number of carbonyl (C=O) groups is 1. The fraction of sp³-hybridized carbons (Fsp3) is 0.312. The highest BCUT2D eigenvalue weighted by Crippen LogP contribution is 2.14. The van der Waals surface area contributed by atoms with Crippen molar-refractivity contribution in [1.82, 2.24) is 15.3 Å². The van der Waals surface area contributed by atoms with E-state index in [9.17, 15) is 4.79 Å². The standard InChI is InChI=1S/C16H17N3O3/c20-16(19-9-12-2-1-6-17-8-12)13-3-4-15(18-10-13)22-14-5-7-21-11-14/h1-4,6,8,10,14H,5,7,9,11H2,(H,19,20). The van der Waals surface area contributed by atoms with E-state index in [1.807, 2.05) is 12.1 Å². The molecule has 6 nitrogen and oxygen atoms in total. The van der Waals surface area contributed by atoms with E-state index in [2.05, 4.69) is 15.3 Å². The lowest BCUT2D eigenvalue weighted by Gasteiger charge is -2.11. The smallest absolute Gasteiger partial charge is 0.253 e. The summed E-state index contributed by atoms with van der Waals surface area (Å²) >= 11 is 0. The molecule has 1 aliphatic rings. The molecule has 1 fully saturated rings. The van der Waals surface area contributed by atoms with Gasteiger partial charge in [0.05, 0.1) is 18.8 Å². The maximum atomic E-state index is 12.0. The Balaban J connectivity index is 1.54. The molecule has 0 saturated carbocycles. The van der Waals surface area contributed by atoms with Gasteiger partial charge in [0.1, 0.15) is 6.10 Å². The second kappa shape index (κ2) is 7.00. The van der Waals surface area contributed by atoms with E-state index in [1.165, 1.54) is 6.20 Å². The minimum absolute atomic E-state index is 0.0535. The van der Waals surface area contributed by atoms with Crippen LogP contribution in [0.3, 0.4) is 0 Å². The maximum absolute atomic E-state index is 12.0. The molecule has 0 aromatic carbocycles. The second-order valence-electron chi connectivity index (χ2n) is 5.03. The van der Waals surface area contributed by atoms with Crippen LogP contribution in [0.25, 0.3) is 0 Å². The summed E-state index contributed by atoms with van der Waals surface area (Å²) in [6.45, 7) is 1.75. The normalized spacial score (nSPS) is 17.2. The molecule has 3 heterocycles. The predicted octanol–water partition coefficient (Wildman–Crippen LogP) is 1.57. The molecule has 1 aliphatic heterocycles. The van der Waals surface area contributed by atoms with E-state index in [1.54, 1.807) is 24.5 Å². The molecule has 0 aliphatic carbocycles. The first-order valence-corrected chi connectivity index (χ1v) is 7.19. The Hall–Kier alpha value is -2.47. The molecular weight excluding hydrogens is 282 g/mol. The van der Waals surface area contributed by atoms with Crippen molar-refractivity contribution in [2.45, 2.75) is 19.1 Å². The summed E-state index contributed by atoms with van der Waals surface area (Å²) in [5.41, 5.74) is 1.45. The highest BCUT2D eigenvalue weighted by Gasteiger charge is 2.17. The molecule has 0 spiro atoms. The van der Waals surface area contributed by atoms with Crippen LogP contribution in [0.1, 0.15) is 22.3 Å². The third-order valence-corrected chi connectivity index (χ3v) is 3.35. The molecule has 2 aromatic heterocycles. The molecule has 1 saturated heterocycles. The predicted molar refractivity (Wildman–Crippen MR) is 79.5 cm³/mol. The molecular formula is C16H17N3O3. The van der Waals surface area contributed by atoms with Crippen LogP contribution in [0.5, 0.6) is 5.88 Å². The lowest BCUT2D eigenvalue weighted by atomic mass is 10.2. The molecule has 3 rings (SSSR count). The first-order valence-electron chi connectivity index (χ1n) is 7.19. The zero-order valence-corrected chi connectivity index (χ0v) is 12.1. The lowest BCUT2D eigenvalue weighted by Crippen LogP contribution is -2.23. The van der Waals surface area contributed by atoms with Crippen molar-refractivity contribution in [2.24, 2.45) is 0 Å². The number of nitrogens with one attached hydrogen (secondary N) is 1. The molecule has 22 heavy (non-hydrogen) atoms. The largest absolute Gasteiger partial charge is 0.472 e. The minimum atomic E-state index is -0.174. The van der Waals surface area contributed by atoms with Crippen molar-refractivity contribution >= 4 is 5.91 Å². The van der Waals surface area contributed by atoms with Gasteiger partial charge in [-0.25, -0.2) is 4.98 Å². The molecule has 1 amide bonds. The first kappa shape index (κ1) is 14.5. The summed E-state index contributed by atoms with van der Waals surface area (Å²) in [4.78, 5) is 20.2. The van der Waals surface area contributed by atoms with Crippen LogP contribution in [0.15, 0.2) is 42.9 Å². The third-order valence-electron chi connectivity index (χ3n) is 3.35. The Morgan fingerprint density at radius 3 is 3.00 bits per heavy atom. The van der Waals surface area contributed by atoms with Gasteiger partial charge in [-0.15, -0.1) is 0 Å². The quantitative estimate of drug-likeness (QED) is 0.907. The zero-order valence-electron chi connectivity index (χ0n) is 12.1. The topological polar surface area (TPSA) is 73.3 Å². The van der Waals surface area contributed by atoms with Crippen molar-refractivity contribution in [3.05, 3.63) is 54.0 Å². The van der Waals surface area contributed by atoms with Crippen LogP contribution in [0.2, 0.25) is 0 Å². The molecule has 1 atom stereocenters. The van der Waals surface area contributed by atoms with Crippen molar-refractivity contribution in [1.29, 1.82) is 0 Å². The number of nitrogens with zero attached hydrogens (tertiary/aromatic N) is 2. The highest BCUT2D eigenvalue weighted by atomic mass is 16.5. The molecule has 0 bridgehead atoms. The Kier molecular flexibility index (Phi) is 4.60. The Morgan fingerprint density at radius 1 is 1.36 bits per heavy atom. The van der Waals surface area contributed by atoms with Gasteiger partial charge < -0.3 is 14.8 Å². The highest BCUT2D eigenvalue weighted by molar-refractivity contribution is 5.93. The lowest BCUT2D eigenvalue weighted by molar-refractivity contribution is 0.0950. The van der Waals surface area contributed by atoms with Gasteiger partial charge in [-0.1, -0.05) is 6.07 Å². The summed E-state index contributed by atoms with van der Waals surface area (Å²) in [6, 6.07) is 7.15. The van der Waals surface area contributed by atoms with Crippen LogP contribution in [-0.2, 0) is 11.3 Å². The fourth-order valence-corrected chi connectivity index (χ4v) is 2.15. The van der Waals surface area contributed by atoms with Crippen molar-refractivity contribution in [3.8, 4) is 5.88 Å². The Bertz CT molecular complexity index is 610. The van der Waals surface area contributed by atoms with Crippen LogP contribution in [-0.4, -0.2) is 35.2 Å². The van der Waals surface area contributed by atoms with Gasteiger partial charge in [0.2, 0.25) is 5.88 Å². The average molecular weight is 299 g/mol. The second-order valence-corrected chi connectivity index (χ2v) is 5.03. The van der Waals surface area contributed by atoms with Crippen LogP contribution in [0, 0.1) is 0 Å². The summed E-state index contributed by atoms with van der Waals surface area (Å²) in [5.74, 6) is 0.339. The van der Waals surface area contributed by atoms with E-state index in [0.717, 1.165) is 18.6 Å². The van der Waals surface area contributed by atoms with Gasteiger partial charge in [0, 0.05) is 37.6 Å². The summed E-state index contributed by atoms with van der Waals surface area (Å²) in [7, 11) is 0. The molecule has 0 radical (unpaired) electrons. The van der Waals surface area contributed by atoms with Crippen molar-refractivity contribution in [2.75, 3.05) is 13.2 Å². The van der Waals surface area contributed by atoms with Gasteiger partial charge >= 0.3 is 0 Å². The number of pyridine rings is 2. The molecule has 6 heteroatoms. The SMILES string of the molecule is O=C(NCc1cccnc1)c1ccc(OC2CCOC2)nc1. The summed E-state index contributed by atoms with van der Waals surface area (Å²) < 4.78 is 10.9. The van der Waals surface area contributed by atoms with Crippen molar-refractivity contribution < 1.29 is 14.3 Å².